The average molecular weight is 554 g/mol. The fourth-order valence-corrected chi connectivity index (χ4v) is 11.3. The van der Waals surface area contributed by atoms with E-state index in [4.69, 9.17) is 0 Å². The minimum absolute atomic E-state index is 0.00398. The third kappa shape index (κ3) is 3.94. The van der Waals surface area contributed by atoms with Crippen LogP contribution in [0.4, 0.5) is 0 Å². The Morgan fingerprint density at radius 1 is 0.950 bits per heavy atom. The van der Waals surface area contributed by atoms with Crippen LogP contribution in [0.5, 0.6) is 0 Å². The van der Waals surface area contributed by atoms with E-state index in [2.05, 4.69) is 73.7 Å². The van der Waals surface area contributed by atoms with Gasteiger partial charge in [0.25, 0.3) is 0 Å². The first-order chi connectivity index (χ1) is 18.4. The molecule has 5 rings (SSSR count). The standard InChI is InChI=1S/C35H55NO4/c1-21(2)20-36-28(38)22-18-32(7)25(31(5,6)27(22)37)12-13-34(9)26(32)11-10-23-24-19-30(3,4)14-16-35(24,29(39)40)17-15-33(23,34)8/h10,21-22,24-26H,11-20H2,1-9H3,(H,36,38)(H,39,40)/t22?,24?,25?,26?,32-,33+,34+,35-/m0/s1. The zero-order valence-electron chi connectivity index (χ0n) is 26.7. The molecule has 5 aliphatic rings. The van der Waals surface area contributed by atoms with E-state index < -0.39 is 22.7 Å². The Hall–Kier alpha value is -1.65. The summed E-state index contributed by atoms with van der Waals surface area (Å²) in [6.45, 7) is 20.9. The lowest BCUT2D eigenvalue weighted by Crippen LogP contribution is -2.66. The van der Waals surface area contributed by atoms with Crippen LogP contribution in [0, 0.1) is 62.1 Å². The highest BCUT2D eigenvalue weighted by Gasteiger charge is 2.70. The summed E-state index contributed by atoms with van der Waals surface area (Å²) in [7, 11) is 0. The van der Waals surface area contributed by atoms with Crippen molar-refractivity contribution in [1.29, 1.82) is 0 Å². The molecule has 0 spiro atoms. The van der Waals surface area contributed by atoms with Gasteiger partial charge in [0.1, 0.15) is 0 Å². The third-order valence-corrected chi connectivity index (χ3v) is 13.8. The highest BCUT2D eigenvalue weighted by molar-refractivity contribution is 6.04. The van der Waals surface area contributed by atoms with Crippen molar-refractivity contribution in [3.8, 4) is 0 Å². The number of aliphatic carboxylic acids is 1. The van der Waals surface area contributed by atoms with E-state index in [0.29, 0.717) is 24.8 Å². The molecule has 0 aromatic rings. The number of carbonyl (C=O) groups excluding carboxylic acids is 2. The Morgan fingerprint density at radius 3 is 2.23 bits per heavy atom. The molecule has 0 heterocycles. The summed E-state index contributed by atoms with van der Waals surface area (Å²) in [4.78, 5) is 40.2. The highest BCUT2D eigenvalue weighted by Crippen LogP contribution is 2.75. The summed E-state index contributed by atoms with van der Waals surface area (Å²) in [6, 6.07) is 0. The second-order valence-corrected chi connectivity index (χ2v) is 17.2. The molecule has 0 saturated heterocycles. The van der Waals surface area contributed by atoms with Crippen molar-refractivity contribution in [2.45, 2.75) is 120 Å². The van der Waals surface area contributed by atoms with Crippen LogP contribution < -0.4 is 5.32 Å². The summed E-state index contributed by atoms with van der Waals surface area (Å²) in [6.07, 6.45) is 10.4. The predicted octanol–water partition coefficient (Wildman–Crippen LogP) is 7.44. The summed E-state index contributed by atoms with van der Waals surface area (Å²) in [5.41, 5.74) is 0.191. The van der Waals surface area contributed by atoms with Crippen molar-refractivity contribution in [3.63, 3.8) is 0 Å². The Bertz CT molecular complexity index is 1130. The molecule has 0 bridgehead atoms. The second kappa shape index (κ2) is 9.17. The summed E-state index contributed by atoms with van der Waals surface area (Å²) < 4.78 is 0. The van der Waals surface area contributed by atoms with Crippen LogP contribution in [0.3, 0.4) is 0 Å². The molecule has 2 N–H and O–H groups in total. The van der Waals surface area contributed by atoms with Gasteiger partial charge in [-0.15, -0.1) is 0 Å². The van der Waals surface area contributed by atoms with Crippen LogP contribution in [-0.4, -0.2) is 29.3 Å². The number of carboxylic acids is 1. The Labute approximate surface area is 242 Å². The summed E-state index contributed by atoms with van der Waals surface area (Å²) in [5, 5.41) is 13.7. The molecule has 0 aromatic heterocycles. The molecule has 4 fully saturated rings. The molecule has 40 heavy (non-hydrogen) atoms. The Balaban J connectivity index is 1.56. The largest absolute Gasteiger partial charge is 0.481 e. The first kappa shape index (κ1) is 29.8. The quantitative estimate of drug-likeness (QED) is 0.280. The Kier molecular flexibility index (Phi) is 6.84. The van der Waals surface area contributed by atoms with Crippen molar-refractivity contribution in [1.82, 2.24) is 5.32 Å². The van der Waals surface area contributed by atoms with Crippen LogP contribution in [0.1, 0.15) is 120 Å². The lowest BCUT2D eigenvalue weighted by Gasteiger charge is -2.70. The number of hydrogen-bond acceptors (Lipinski definition) is 3. The smallest absolute Gasteiger partial charge is 0.310 e. The van der Waals surface area contributed by atoms with Gasteiger partial charge in [-0.2, -0.15) is 0 Å². The van der Waals surface area contributed by atoms with Crippen molar-refractivity contribution in [2.75, 3.05) is 6.54 Å². The number of carboxylic acid groups (broad SMARTS) is 1. The second-order valence-electron chi connectivity index (χ2n) is 17.2. The van der Waals surface area contributed by atoms with Crippen molar-refractivity contribution in [3.05, 3.63) is 11.6 Å². The molecule has 224 valence electrons. The fraction of sp³-hybridized carbons (Fsp3) is 0.857. The zero-order valence-corrected chi connectivity index (χ0v) is 26.7. The number of amides is 1. The minimum Gasteiger partial charge on any atom is -0.481 e. The highest BCUT2D eigenvalue weighted by atomic mass is 16.4. The number of nitrogens with one attached hydrogen (secondary N) is 1. The maximum Gasteiger partial charge on any atom is 0.310 e. The van der Waals surface area contributed by atoms with Gasteiger partial charge in [0.2, 0.25) is 5.91 Å². The molecule has 5 heteroatoms. The monoisotopic (exact) mass is 553 g/mol. The topological polar surface area (TPSA) is 83.5 Å². The van der Waals surface area contributed by atoms with Crippen molar-refractivity contribution >= 4 is 17.7 Å². The maximum atomic E-state index is 13.9. The van der Waals surface area contributed by atoms with E-state index in [1.54, 1.807) is 0 Å². The molecule has 5 nitrogen and oxygen atoms in total. The van der Waals surface area contributed by atoms with E-state index in [9.17, 15) is 19.5 Å². The van der Waals surface area contributed by atoms with Crippen LogP contribution in [-0.2, 0) is 14.4 Å². The van der Waals surface area contributed by atoms with Crippen LogP contribution in [0.15, 0.2) is 11.6 Å². The number of allylic oxidation sites excluding steroid dienone is 2. The van der Waals surface area contributed by atoms with Gasteiger partial charge in [0.15, 0.2) is 5.78 Å². The van der Waals surface area contributed by atoms with Gasteiger partial charge < -0.3 is 10.4 Å². The lowest BCUT2D eigenvalue weighted by atomic mass is 9.33. The van der Waals surface area contributed by atoms with E-state index in [1.807, 2.05) is 0 Å². The van der Waals surface area contributed by atoms with E-state index in [0.717, 1.165) is 51.4 Å². The van der Waals surface area contributed by atoms with E-state index >= 15 is 0 Å². The van der Waals surface area contributed by atoms with Gasteiger partial charge in [-0.05, 0) is 103 Å². The molecule has 1 amide bonds. The summed E-state index contributed by atoms with van der Waals surface area (Å²) >= 11 is 0. The normalized spacial score (nSPS) is 45.4. The zero-order chi connectivity index (χ0) is 29.7. The number of carbonyl (C=O) groups is 3. The van der Waals surface area contributed by atoms with Gasteiger partial charge >= 0.3 is 5.97 Å². The molecular weight excluding hydrogens is 498 g/mol. The third-order valence-electron chi connectivity index (χ3n) is 13.8. The molecule has 0 radical (unpaired) electrons. The van der Waals surface area contributed by atoms with E-state index in [1.165, 1.54) is 5.57 Å². The average Bonchev–Trinajstić information content (AvgIpc) is 2.84. The van der Waals surface area contributed by atoms with Gasteiger partial charge in [-0.25, -0.2) is 0 Å². The van der Waals surface area contributed by atoms with E-state index in [-0.39, 0.29) is 45.2 Å². The van der Waals surface area contributed by atoms with Gasteiger partial charge in [0, 0.05) is 12.0 Å². The minimum atomic E-state index is -0.635. The lowest BCUT2D eigenvalue weighted by molar-refractivity contribution is -0.195. The molecule has 5 aliphatic carbocycles. The van der Waals surface area contributed by atoms with Crippen LogP contribution >= 0.6 is 0 Å². The number of ketones is 1. The van der Waals surface area contributed by atoms with Crippen LogP contribution in [0.25, 0.3) is 0 Å². The van der Waals surface area contributed by atoms with Crippen molar-refractivity contribution < 1.29 is 19.5 Å². The number of Topliss-reactive ketones (excluding diaryl/α,β-unsaturated/α-hetero) is 1. The predicted molar refractivity (Wildman–Crippen MR) is 158 cm³/mol. The first-order valence-corrected chi connectivity index (χ1v) is 16.1. The molecular formula is C35H55NO4. The fourth-order valence-electron chi connectivity index (χ4n) is 11.3. The van der Waals surface area contributed by atoms with Gasteiger partial charge in [-0.3, -0.25) is 14.4 Å². The molecule has 0 aromatic carbocycles. The van der Waals surface area contributed by atoms with Crippen molar-refractivity contribution in [2.24, 2.45) is 62.1 Å². The molecule has 8 atom stereocenters. The SMILES string of the molecule is CC(C)CNC(=O)C1C[C@@]2(C)C(CC[C@]3(C)C2CC=C2C4CC(C)(C)CC[C@]4(C(=O)O)CC[C@]23C)C(C)(C)C1=O. The van der Waals surface area contributed by atoms with Gasteiger partial charge in [-0.1, -0.05) is 74.0 Å². The molecule has 4 saturated carbocycles. The van der Waals surface area contributed by atoms with Crippen LogP contribution in [0.2, 0.25) is 0 Å². The summed E-state index contributed by atoms with van der Waals surface area (Å²) in [5.74, 6) is -0.135. The number of fused-ring (bicyclic) bond motifs is 7. The first-order valence-electron chi connectivity index (χ1n) is 16.1. The van der Waals surface area contributed by atoms with Gasteiger partial charge in [0.05, 0.1) is 11.3 Å². The maximum absolute atomic E-state index is 13.9. The number of hydrogen-bond donors (Lipinski definition) is 2. The molecule has 0 aliphatic heterocycles. The molecule has 4 unspecified atom stereocenters. The number of rotatable bonds is 4. The Morgan fingerprint density at radius 2 is 1.60 bits per heavy atom.